The largest absolute Gasteiger partial charge is 0.461 e. The zero-order valence-corrected chi connectivity index (χ0v) is 24.2. The summed E-state index contributed by atoms with van der Waals surface area (Å²) in [6.45, 7) is 21.4. The fourth-order valence-corrected chi connectivity index (χ4v) is 4.32. The molecule has 0 radical (unpaired) electrons. The summed E-state index contributed by atoms with van der Waals surface area (Å²) < 4.78 is 11.6. The van der Waals surface area contributed by atoms with E-state index in [0.29, 0.717) is 12.3 Å². The van der Waals surface area contributed by atoms with Crippen LogP contribution in [0.3, 0.4) is 0 Å². The lowest BCUT2D eigenvalue weighted by Crippen LogP contribution is -2.63. The third kappa shape index (κ3) is 10.5. The summed E-state index contributed by atoms with van der Waals surface area (Å²) in [7, 11) is 3.95. The molecule has 0 aliphatic heterocycles. The molecule has 0 aromatic carbocycles. The van der Waals surface area contributed by atoms with E-state index in [0.717, 1.165) is 19.4 Å². The summed E-state index contributed by atoms with van der Waals surface area (Å²) in [5.41, 5.74) is 4.48. The van der Waals surface area contributed by atoms with Gasteiger partial charge in [0.25, 0.3) is 0 Å². The number of esters is 2. The second-order valence-corrected chi connectivity index (χ2v) is 12.4. The van der Waals surface area contributed by atoms with E-state index < -0.39 is 23.0 Å². The van der Waals surface area contributed by atoms with E-state index in [4.69, 9.17) is 15.2 Å². The first kappa shape index (κ1) is 32.6. The number of rotatable bonds is 15. The summed E-state index contributed by atoms with van der Waals surface area (Å²) in [6, 6.07) is 0. The molecule has 0 fully saturated rings. The summed E-state index contributed by atoms with van der Waals surface area (Å²) in [6.07, 6.45) is 5.56. The molecule has 0 aromatic heterocycles. The molecule has 6 heteroatoms. The van der Waals surface area contributed by atoms with E-state index in [1.165, 1.54) is 0 Å². The third-order valence-corrected chi connectivity index (χ3v) is 7.06. The highest BCUT2D eigenvalue weighted by Gasteiger charge is 2.53. The highest BCUT2D eigenvalue weighted by atomic mass is 16.5. The number of ether oxygens (including phenoxy) is 2. The van der Waals surface area contributed by atoms with Crippen LogP contribution >= 0.6 is 0 Å². The molecule has 0 aliphatic carbocycles. The van der Waals surface area contributed by atoms with Crippen molar-refractivity contribution in [1.82, 2.24) is 4.90 Å². The lowest BCUT2D eigenvalue weighted by Gasteiger charge is -2.46. The highest BCUT2D eigenvalue weighted by molar-refractivity contribution is 5.81. The molecule has 3 atom stereocenters. The van der Waals surface area contributed by atoms with Gasteiger partial charge in [-0.3, -0.25) is 9.59 Å². The second kappa shape index (κ2) is 13.6. The van der Waals surface area contributed by atoms with E-state index in [-0.39, 0.29) is 29.8 Å². The lowest BCUT2D eigenvalue weighted by atomic mass is 9.65. The minimum absolute atomic E-state index is 0.0141. The normalized spacial score (nSPS) is 16.7. The van der Waals surface area contributed by atoms with Gasteiger partial charge in [-0.2, -0.15) is 0 Å². The molecule has 0 aliphatic rings. The number of allylic oxidation sites excluding steroid dienone is 1. The molecule has 0 spiro atoms. The standard InChI is InChI=1S/C28H54N2O4/c1-20(2)19-26(6,7)16-14-18-33-25(32)28(10,29)27(8,9)24(22(5)21(3)4)34-23(31)15-13-17-30(11)12/h14,16,20-22,24H,13,15,17-19,29H2,1-12H3/b16-14+. The van der Waals surface area contributed by atoms with Gasteiger partial charge in [0.05, 0.1) is 0 Å². The quantitative estimate of drug-likeness (QED) is 0.247. The summed E-state index contributed by atoms with van der Waals surface area (Å²) >= 11 is 0. The molecule has 3 unspecified atom stereocenters. The molecular weight excluding hydrogens is 428 g/mol. The fourth-order valence-electron chi connectivity index (χ4n) is 4.32. The summed E-state index contributed by atoms with van der Waals surface area (Å²) in [4.78, 5) is 27.8. The highest BCUT2D eigenvalue weighted by Crippen LogP contribution is 2.41. The van der Waals surface area contributed by atoms with Crippen LogP contribution in [0.4, 0.5) is 0 Å². The fraction of sp³-hybridized carbons (Fsp3) is 0.857. The molecule has 0 saturated carbocycles. The van der Waals surface area contributed by atoms with E-state index in [1.807, 2.05) is 45.8 Å². The Hall–Kier alpha value is -1.40. The molecule has 0 amide bonds. The van der Waals surface area contributed by atoms with Crippen molar-refractivity contribution in [3.05, 3.63) is 12.2 Å². The maximum absolute atomic E-state index is 13.1. The van der Waals surface area contributed by atoms with Crippen molar-refractivity contribution in [2.24, 2.45) is 34.3 Å². The number of nitrogens with zero attached hydrogens (tertiary/aromatic N) is 1. The Labute approximate surface area is 210 Å². The minimum atomic E-state index is -1.34. The van der Waals surface area contributed by atoms with Crippen molar-refractivity contribution >= 4 is 11.9 Å². The van der Waals surface area contributed by atoms with Crippen molar-refractivity contribution in [3.63, 3.8) is 0 Å². The van der Waals surface area contributed by atoms with Crippen LogP contribution in [0.5, 0.6) is 0 Å². The number of nitrogens with two attached hydrogens (primary N) is 1. The van der Waals surface area contributed by atoms with Crippen molar-refractivity contribution in [3.8, 4) is 0 Å². The Bertz CT molecular complexity index is 663. The molecule has 0 heterocycles. The molecule has 0 bridgehead atoms. The van der Waals surface area contributed by atoms with Gasteiger partial charge in [-0.15, -0.1) is 0 Å². The van der Waals surface area contributed by atoms with Crippen molar-refractivity contribution < 1.29 is 19.1 Å². The average Bonchev–Trinajstić information content (AvgIpc) is 2.66. The maximum atomic E-state index is 13.1. The number of carbonyl (C=O) groups is 2. The van der Waals surface area contributed by atoms with Crippen LogP contribution in [0.25, 0.3) is 0 Å². The van der Waals surface area contributed by atoms with Gasteiger partial charge < -0.3 is 20.1 Å². The number of hydrogen-bond acceptors (Lipinski definition) is 6. The van der Waals surface area contributed by atoms with Gasteiger partial charge in [-0.25, -0.2) is 0 Å². The van der Waals surface area contributed by atoms with Crippen LogP contribution < -0.4 is 5.73 Å². The number of carbonyl (C=O) groups excluding carboxylic acids is 2. The van der Waals surface area contributed by atoms with Crippen LogP contribution in [-0.4, -0.2) is 55.7 Å². The Morgan fingerprint density at radius 1 is 1.00 bits per heavy atom. The molecule has 0 aromatic rings. The third-order valence-electron chi connectivity index (χ3n) is 7.06. The van der Waals surface area contributed by atoms with Gasteiger partial charge in [-0.1, -0.05) is 74.5 Å². The van der Waals surface area contributed by atoms with Crippen molar-refractivity contribution in [2.75, 3.05) is 27.2 Å². The van der Waals surface area contributed by atoms with Crippen molar-refractivity contribution in [2.45, 2.75) is 100 Å². The Morgan fingerprint density at radius 3 is 2.03 bits per heavy atom. The Kier molecular flexibility index (Phi) is 13.1. The van der Waals surface area contributed by atoms with Crippen LogP contribution in [0.1, 0.15) is 88.5 Å². The predicted molar refractivity (Wildman–Crippen MR) is 141 cm³/mol. The molecule has 34 heavy (non-hydrogen) atoms. The van der Waals surface area contributed by atoms with Gasteiger partial charge in [0.2, 0.25) is 0 Å². The van der Waals surface area contributed by atoms with Crippen molar-refractivity contribution in [1.29, 1.82) is 0 Å². The van der Waals surface area contributed by atoms with E-state index in [1.54, 1.807) is 6.92 Å². The molecule has 2 N–H and O–H groups in total. The summed E-state index contributed by atoms with van der Waals surface area (Å²) in [5.74, 6) is 0.0955. The minimum Gasteiger partial charge on any atom is -0.461 e. The molecule has 0 saturated heterocycles. The molecule has 200 valence electrons. The Balaban J connectivity index is 5.46. The SMILES string of the molecule is CC(C)CC(C)(C)/C=C/COC(=O)C(C)(N)C(C)(C)C(OC(=O)CCCN(C)C)C(C)C(C)C. The average molecular weight is 483 g/mol. The maximum Gasteiger partial charge on any atom is 0.326 e. The molecule has 0 rings (SSSR count). The second-order valence-electron chi connectivity index (χ2n) is 12.4. The van der Waals surface area contributed by atoms with Crippen LogP contribution in [0.15, 0.2) is 12.2 Å². The first-order valence-corrected chi connectivity index (χ1v) is 12.8. The topological polar surface area (TPSA) is 81.9 Å². The van der Waals surface area contributed by atoms with Gasteiger partial charge in [-0.05, 0) is 63.6 Å². The van der Waals surface area contributed by atoms with Gasteiger partial charge in [0.1, 0.15) is 18.2 Å². The van der Waals surface area contributed by atoms with E-state index in [9.17, 15) is 9.59 Å². The van der Waals surface area contributed by atoms with Crippen LogP contribution in [0, 0.1) is 28.6 Å². The zero-order chi connectivity index (χ0) is 26.9. The first-order chi connectivity index (χ1) is 15.3. The van der Waals surface area contributed by atoms with Gasteiger partial charge >= 0.3 is 11.9 Å². The Morgan fingerprint density at radius 2 is 1.56 bits per heavy atom. The van der Waals surface area contributed by atoms with Crippen LogP contribution in [0.2, 0.25) is 0 Å². The monoisotopic (exact) mass is 482 g/mol. The molecular formula is C28H54N2O4. The zero-order valence-electron chi connectivity index (χ0n) is 24.2. The van der Waals surface area contributed by atoms with Gasteiger partial charge in [0, 0.05) is 11.8 Å². The number of hydrogen-bond donors (Lipinski definition) is 1. The van der Waals surface area contributed by atoms with E-state index in [2.05, 4.69) is 47.6 Å². The molecule has 6 nitrogen and oxygen atoms in total. The smallest absolute Gasteiger partial charge is 0.326 e. The lowest BCUT2D eigenvalue weighted by molar-refractivity contribution is -0.174. The predicted octanol–water partition coefficient (Wildman–Crippen LogP) is 5.45. The van der Waals surface area contributed by atoms with Gasteiger partial charge in [0.15, 0.2) is 0 Å². The van der Waals surface area contributed by atoms with Crippen LogP contribution in [-0.2, 0) is 19.1 Å². The van der Waals surface area contributed by atoms with E-state index >= 15 is 0 Å². The summed E-state index contributed by atoms with van der Waals surface area (Å²) in [5, 5.41) is 0. The first-order valence-electron chi connectivity index (χ1n) is 12.8.